The molecule has 4 N–H and O–H groups in total. The molecule has 0 spiro atoms. The highest BCUT2D eigenvalue weighted by Gasteiger charge is 2.17. The van der Waals surface area contributed by atoms with E-state index in [1.54, 1.807) is 19.2 Å². The van der Waals surface area contributed by atoms with Gasteiger partial charge in [0.15, 0.2) is 0 Å². The first-order valence-electron chi connectivity index (χ1n) is 8.60. The number of carbonyl (C=O) groups is 1. The van der Waals surface area contributed by atoms with Crippen LogP contribution in [0.2, 0.25) is 0 Å². The van der Waals surface area contributed by atoms with E-state index < -0.39 is 10.0 Å². The van der Waals surface area contributed by atoms with Crippen LogP contribution < -0.4 is 20.5 Å². The minimum absolute atomic E-state index is 0.0562. The molecule has 0 bridgehead atoms. The van der Waals surface area contributed by atoms with Crippen LogP contribution in [-0.4, -0.2) is 34.5 Å². The Labute approximate surface area is 160 Å². The Balaban J connectivity index is 2.07. The average molecular weight is 391 g/mol. The van der Waals surface area contributed by atoms with Gasteiger partial charge in [0.25, 0.3) is 0 Å². The summed E-state index contributed by atoms with van der Waals surface area (Å²) in [7, 11) is -2.06. The minimum atomic E-state index is -3.65. The number of anilines is 1. The van der Waals surface area contributed by atoms with Crippen LogP contribution in [0.4, 0.5) is 5.69 Å². The molecular formula is C19H25N3O4S. The molecular weight excluding hydrogens is 366 g/mol. The van der Waals surface area contributed by atoms with E-state index in [0.717, 1.165) is 11.3 Å². The van der Waals surface area contributed by atoms with Crippen molar-refractivity contribution in [1.29, 1.82) is 0 Å². The fourth-order valence-corrected chi connectivity index (χ4v) is 3.78. The van der Waals surface area contributed by atoms with Crippen molar-refractivity contribution >= 4 is 21.6 Å². The molecule has 0 radical (unpaired) electrons. The molecule has 146 valence electrons. The highest BCUT2D eigenvalue weighted by Crippen LogP contribution is 2.28. The first kappa shape index (κ1) is 20.9. The summed E-state index contributed by atoms with van der Waals surface area (Å²) in [5.41, 5.74) is 6.69. The van der Waals surface area contributed by atoms with E-state index >= 15 is 0 Å². The molecule has 7 nitrogen and oxygen atoms in total. The normalized spacial score (nSPS) is 12.4. The summed E-state index contributed by atoms with van der Waals surface area (Å²) in [4.78, 5) is 12.5. The van der Waals surface area contributed by atoms with Crippen molar-refractivity contribution in [2.75, 3.05) is 25.5 Å². The minimum Gasteiger partial charge on any atom is -0.496 e. The zero-order valence-electron chi connectivity index (χ0n) is 15.4. The lowest BCUT2D eigenvalue weighted by Gasteiger charge is -2.15. The van der Waals surface area contributed by atoms with E-state index in [1.165, 1.54) is 12.1 Å². The van der Waals surface area contributed by atoms with Crippen LogP contribution in [0.3, 0.4) is 0 Å². The highest BCUT2D eigenvalue weighted by atomic mass is 32.2. The summed E-state index contributed by atoms with van der Waals surface area (Å²) in [5.74, 6) is 0.467. The van der Waals surface area contributed by atoms with Gasteiger partial charge in [0.2, 0.25) is 15.9 Å². The van der Waals surface area contributed by atoms with Crippen LogP contribution in [0.15, 0.2) is 53.4 Å². The van der Waals surface area contributed by atoms with Crippen molar-refractivity contribution in [3.63, 3.8) is 0 Å². The molecule has 0 fully saturated rings. The number of amides is 1. The molecule has 0 aliphatic carbocycles. The Kier molecular flexibility index (Phi) is 7.35. The van der Waals surface area contributed by atoms with Crippen molar-refractivity contribution in [2.45, 2.75) is 24.2 Å². The van der Waals surface area contributed by atoms with E-state index in [-0.39, 0.29) is 36.2 Å². The highest BCUT2D eigenvalue weighted by molar-refractivity contribution is 7.89. The van der Waals surface area contributed by atoms with Gasteiger partial charge in [0.1, 0.15) is 5.75 Å². The van der Waals surface area contributed by atoms with Gasteiger partial charge in [-0.05, 0) is 35.7 Å². The lowest BCUT2D eigenvalue weighted by Crippen LogP contribution is -2.29. The fraction of sp³-hybridized carbons (Fsp3) is 0.316. The maximum absolute atomic E-state index is 12.4. The number of hydrogen-bond acceptors (Lipinski definition) is 5. The molecule has 0 aliphatic rings. The third-order valence-corrected chi connectivity index (χ3v) is 5.48. The summed E-state index contributed by atoms with van der Waals surface area (Å²) < 4.78 is 32.1. The van der Waals surface area contributed by atoms with E-state index in [2.05, 4.69) is 10.0 Å². The number of para-hydroxylation sites is 1. The van der Waals surface area contributed by atoms with Gasteiger partial charge in [-0.3, -0.25) is 4.79 Å². The molecule has 27 heavy (non-hydrogen) atoms. The largest absolute Gasteiger partial charge is 0.496 e. The van der Waals surface area contributed by atoms with E-state index in [4.69, 9.17) is 10.5 Å². The number of methoxy groups -OCH3 is 1. The Morgan fingerprint density at radius 2 is 1.93 bits per heavy atom. The van der Waals surface area contributed by atoms with Crippen molar-refractivity contribution in [3.05, 3.63) is 54.1 Å². The predicted molar refractivity (Wildman–Crippen MR) is 105 cm³/mol. The van der Waals surface area contributed by atoms with Gasteiger partial charge >= 0.3 is 0 Å². The molecule has 1 unspecified atom stereocenters. The second kappa shape index (κ2) is 9.50. The number of ether oxygens (including phenoxy) is 1. The quantitative estimate of drug-likeness (QED) is 0.606. The molecule has 0 aromatic heterocycles. The van der Waals surface area contributed by atoms with Crippen LogP contribution in [-0.2, 0) is 14.8 Å². The third-order valence-electron chi connectivity index (χ3n) is 4.03. The van der Waals surface area contributed by atoms with Crippen molar-refractivity contribution < 1.29 is 17.9 Å². The van der Waals surface area contributed by atoms with E-state index in [0.29, 0.717) is 5.69 Å². The number of nitrogens with two attached hydrogens (primary N) is 1. The summed E-state index contributed by atoms with van der Waals surface area (Å²) in [6, 6.07) is 13.7. The predicted octanol–water partition coefficient (Wildman–Crippen LogP) is 2.06. The third kappa shape index (κ3) is 5.78. The number of sulfonamides is 1. The number of carbonyl (C=O) groups excluding carboxylic acids is 1. The van der Waals surface area contributed by atoms with Crippen molar-refractivity contribution in [3.8, 4) is 5.75 Å². The smallest absolute Gasteiger partial charge is 0.240 e. The second-order valence-electron chi connectivity index (χ2n) is 6.11. The molecule has 1 amide bonds. The molecule has 0 saturated heterocycles. The van der Waals surface area contributed by atoms with Gasteiger partial charge in [-0.25, -0.2) is 13.1 Å². The SMILES string of the molecule is COc1ccccc1C(C)CC(=O)Nc1cccc(S(=O)(=O)NCCN)c1. The number of hydrogen-bond donors (Lipinski definition) is 3. The van der Waals surface area contributed by atoms with Gasteiger partial charge in [-0.1, -0.05) is 31.2 Å². The van der Waals surface area contributed by atoms with Crippen LogP contribution in [0, 0.1) is 0 Å². The first-order chi connectivity index (χ1) is 12.9. The van der Waals surface area contributed by atoms with Crippen LogP contribution in [0.25, 0.3) is 0 Å². The molecule has 0 saturated carbocycles. The summed E-state index contributed by atoms with van der Waals surface area (Å²) in [5, 5.41) is 2.75. The Morgan fingerprint density at radius 3 is 2.63 bits per heavy atom. The molecule has 8 heteroatoms. The van der Waals surface area contributed by atoms with Gasteiger partial charge in [-0.15, -0.1) is 0 Å². The van der Waals surface area contributed by atoms with E-state index in [9.17, 15) is 13.2 Å². The average Bonchev–Trinajstić information content (AvgIpc) is 2.66. The van der Waals surface area contributed by atoms with Gasteiger partial charge in [0, 0.05) is 25.2 Å². The lowest BCUT2D eigenvalue weighted by atomic mass is 9.96. The van der Waals surface area contributed by atoms with Crippen LogP contribution >= 0.6 is 0 Å². The number of rotatable bonds is 9. The van der Waals surface area contributed by atoms with Gasteiger partial charge < -0.3 is 15.8 Å². The Hall–Kier alpha value is -2.42. The zero-order chi connectivity index (χ0) is 19.9. The van der Waals surface area contributed by atoms with Crippen molar-refractivity contribution in [1.82, 2.24) is 4.72 Å². The number of nitrogens with one attached hydrogen (secondary N) is 2. The van der Waals surface area contributed by atoms with E-state index in [1.807, 2.05) is 31.2 Å². The Bertz CT molecular complexity index is 884. The van der Waals surface area contributed by atoms with Gasteiger partial charge in [-0.2, -0.15) is 0 Å². The van der Waals surface area contributed by atoms with Gasteiger partial charge in [0.05, 0.1) is 12.0 Å². The lowest BCUT2D eigenvalue weighted by molar-refractivity contribution is -0.116. The molecule has 1 atom stereocenters. The molecule has 0 heterocycles. The topological polar surface area (TPSA) is 111 Å². The molecule has 2 aromatic rings. The maximum Gasteiger partial charge on any atom is 0.240 e. The second-order valence-corrected chi connectivity index (χ2v) is 7.88. The number of benzene rings is 2. The van der Waals surface area contributed by atoms with Crippen LogP contribution in [0.1, 0.15) is 24.8 Å². The first-order valence-corrected chi connectivity index (χ1v) is 10.1. The summed E-state index contributed by atoms with van der Waals surface area (Å²) in [6.45, 7) is 2.29. The monoisotopic (exact) mass is 391 g/mol. The van der Waals surface area contributed by atoms with Crippen molar-refractivity contribution in [2.24, 2.45) is 5.73 Å². The summed E-state index contributed by atoms with van der Waals surface area (Å²) >= 11 is 0. The zero-order valence-corrected chi connectivity index (χ0v) is 16.3. The molecule has 2 rings (SSSR count). The van der Waals surface area contributed by atoms with Crippen LogP contribution in [0.5, 0.6) is 5.75 Å². The molecule has 2 aromatic carbocycles. The standard InChI is InChI=1S/C19H25N3O4S/c1-14(17-8-3-4-9-18(17)26-2)12-19(23)22-15-6-5-7-16(13-15)27(24,25)21-11-10-20/h3-9,13-14,21H,10-12,20H2,1-2H3,(H,22,23). The maximum atomic E-state index is 12.4. The Morgan fingerprint density at radius 1 is 1.19 bits per heavy atom. The summed E-state index contributed by atoms with van der Waals surface area (Å²) in [6.07, 6.45) is 0.239. The molecule has 0 aliphatic heterocycles. The fourth-order valence-electron chi connectivity index (χ4n) is 2.69.